The van der Waals surface area contributed by atoms with Gasteiger partial charge in [0, 0.05) is 36.6 Å². The van der Waals surface area contributed by atoms with E-state index >= 15 is 0 Å². The van der Waals surface area contributed by atoms with Gasteiger partial charge in [-0.05, 0) is 72.9 Å². The molecule has 1 saturated heterocycles. The molecule has 200 valence electrons. The summed E-state index contributed by atoms with van der Waals surface area (Å²) in [6, 6.07) is 22.2. The van der Waals surface area contributed by atoms with Gasteiger partial charge < -0.3 is 29.0 Å². The van der Waals surface area contributed by atoms with E-state index in [9.17, 15) is 4.79 Å². The number of carbonyl (C=O) groups excluding carboxylic acids is 1. The monoisotopic (exact) mass is 562 g/mol. The third-order valence-corrected chi connectivity index (χ3v) is 7.08. The van der Waals surface area contributed by atoms with Crippen LogP contribution in [0, 0.1) is 0 Å². The lowest BCUT2D eigenvalue weighted by Crippen LogP contribution is -2.30. The van der Waals surface area contributed by atoms with E-state index in [1.807, 2.05) is 76.3 Å². The summed E-state index contributed by atoms with van der Waals surface area (Å²) in [5, 5.41) is 4.47. The standard InChI is InChI=1S/C29H27ClN4O4S/c1-36-15-16-38-25-12-11-21(18-22(25)30)34-27(26(32-29(34)39)23-9-3-4-13-31-23)24-10-6-14-33(24)20-8-5-7-19(17-20)28(35)37-2/h3-14,17-18,26-27H,15-16H2,1-2H3,(H,32,39)/t26-,27+/m0/s1. The number of hydrogen-bond acceptors (Lipinski definition) is 6. The van der Waals surface area contributed by atoms with Crippen molar-refractivity contribution in [2.75, 3.05) is 32.3 Å². The highest BCUT2D eigenvalue weighted by Crippen LogP contribution is 2.43. The van der Waals surface area contributed by atoms with Gasteiger partial charge in [-0.3, -0.25) is 4.98 Å². The Labute approximate surface area is 237 Å². The van der Waals surface area contributed by atoms with Crippen LogP contribution < -0.4 is 15.0 Å². The topological polar surface area (TPSA) is 77.9 Å². The zero-order valence-corrected chi connectivity index (χ0v) is 23.0. The minimum Gasteiger partial charge on any atom is -0.490 e. The van der Waals surface area contributed by atoms with Crippen molar-refractivity contribution in [2.24, 2.45) is 0 Å². The first-order valence-corrected chi connectivity index (χ1v) is 13.1. The Morgan fingerprint density at radius 2 is 1.90 bits per heavy atom. The number of ether oxygens (including phenoxy) is 3. The normalized spacial score (nSPS) is 16.7. The fraction of sp³-hybridized carbons (Fsp3) is 0.207. The van der Waals surface area contributed by atoms with Crippen molar-refractivity contribution in [1.29, 1.82) is 0 Å². The number of nitrogens with zero attached hydrogens (tertiary/aromatic N) is 3. The maximum atomic E-state index is 12.2. The molecular weight excluding hydrogens is 536 g/mol. The number of esters is 1. The molecule has 1 aliphatic heterocycles. The molecule has 0 bridgehead atoms. The lowest BCUT2D eigenvalue weighted by atomic mass is 10.0. The van der Waals surface area contributed by atoms with Crippen LogP contribution in [-0.4, -0.2) is 48.1 Å². The molecule has 1 N–H and O–H groups in total. The van der Waals surface area contributed by atoms with Crippen LogP contribution in [0.25, 0.3) is 5.69 Å². The summed E-state index contributed by atoms with van der Waals surface area (Å²) in [6.45, 7) is 0.849. The van der Waals surface area contributed by atoms with Crippen molar-refractivity contribution in [3.63, 3.8) is 0 Å². The van der Waals surface area contributed by atoms with E-state index in [0.717, 1.165) is 22.8 Å². The smallest absolute Gasteiger partial charge is 0.337 e. The molecule has 39 heavy (non-hydrogen) atoms. The van der Waals surface area contributed by atoms with Gasteiger partial charge in [-0.1, -0.05) is 23.7 Å². The van der Waals surface area contributed by atoms with Gasteiger partial charge in [0.15, 0.2) is 5.11 Å². The van der Waals surface area contributed by atoms with Crippen LogP contribution in [0.1, 0.15) is 33.8 Å². The Bertz CT molecular complexity index is 1480. The second kappa shape index (κ2) is 11.9. The number of nitrogens with one attached hydrogen (secondary N) is 1. The van der Waals surface area contributed by atoms with Crippen molar-refractivity contribution in [3.8, 4) is 11.4 Å². The molecule has 1 fully saturated rings. The average Bonchev–Trinajstić information content (AvgIpc) is 3.58. The molecule has 0 unspecified atom stereocenters. The van der Waals surface area contributed by atoms with Gasteiger partial charge in [-0.15, -0.1) is 0 Å². The Kier molecular flexibility index (Phi) is 8.11. The lowest BCUT2D eigenvalue weighted by molar-refractivity contribution is 0.0600. The zero-order chi connectivity index (χ0) is 27.4. The van der Waals surface area contributed by atoms with Crippen LogP contribution in [0.4, 0.5) is 5.69 Å². The number of pyridine rings is 1. The molecule has 8 nitrogen and oxygen atoms in total. The molecule has 10 heteroatoms. The largest absolute Gasteiger partial charge is 0.490 e. The number of methoxy groups -OCH3 is 2. The van der Waals surface area contributed by atoms with Gasteiger partial charge >= 0.3 is 5.97 Å². The van der Waals surface area contributed by atoms with Gasteiger partial charge in [0.25, 0.3) is 0 Å². The third-order valence-electron chi connectivity index (χ3n) is 6.47. The number of anilines is 1. The summed E-state index contributed by atoms with van der Waals surface area (Å²) in [5.74, 6) is 0.168. The Morgan fingerprint density at radius 3 is 2.64 bits per heavy atom. The maximum absolute atomic E-state index is 12.2. The minimum absolute atomic E-state index is 0.257. The van der Waals surface area contributed by atoms with Gasteiger partial charge in [-0.2, -0.15) is 0 Å². The molecule has 0 radical (unpaired) electrons. The Balaban J connectivity index is 1.59. The Morgan fingerprint density at radius 1 is 1.03 bits per heavy atom. The first-order chi connectivity index (χ1) is 19.0. The van der Waals surface area contributed by atoms with Crippen LogP contribution in [0.2, 0.25) is 5.02 Å². The van der Waals surface area contributed by atoms with Crippen LogP contribution in [0.5, 0.6) is 5.75 Å². The number of halogens is 1. The number of benzene rings is 2. The summed E-state index contributed by atoms with van der Waals surface area (Å²) in [7, 11) is 2.99. The molecule has 2 aromatic carbocycles. The number of carbonyl (C=O) groups is 1. The number of rotatable bonds is 9. The van der Waals surface area contributed by atoms with E-state index < -0.39 is 5.97 Å². The van der Waals surface area contributed by atoms with Gasteiger partial charge in [0.05, 0.1) is 36.0 Å². The molecule has 2 aromatic heterocycles. The molecule has 0 amide bonds. The minimum atomic E-state index is -0.398. The van der Waals surface area contributed by atoms with E-state index in [1.54, 1.807) is 25.4 Å². The van der Waals surface area contributed by atoms with E-state index in [4.69, 9.17) is 38.0 Å². The summed E-state index contributed by atoms with van der Waals surface area (Å²) in [5.41, 5.74) is 3.86. The molecule has 3 heterocycles. The van der Waals surface area contributed by atoms with Crippen molar-refractivity contribution in [1.82, 2.24) is 14.9 Å². The summed E-state index contributed by atoms with van der Waals surface area (Å²) in [4.78, 5) is 18.9. The van der Waals surface area contributed by atoms with E-state index in [1.165, 1.54) is 7.11 Å². The van der Waals surface area contributed by atoms with Crippen molar-refractivity contribution in [2.45, 2.75) is 12.1 Å². The van der Waals surface area contributed by atoms with Crippen molar-refractivity contribution in [3.05, 3.63) is 107 Å². The zero-order valence-electron chi connectivity index (χ0n) is 21.4. The molecule has 4 aromatic rings. The average molecular weight is 563 g/mol. The summed E-state index contributed by atoms with van der Waals surface area (Å²) >= 11 is 12.5. The lowest BCUT2D eigenvalue weighted by Gasteiger charge is -2.29. The number of aromatic nitrogens is 2. The molecule has 0 saturated carbocycles. The highest BCUT2D eigenvalue weighted by molar-refractivity contribution is 7.80. The van der Waals surface area contributed by atoms with Crippen LogP contribution in [-0.2, 0) is 9.47 Å². The first kappa shape index (κ1) is 26.7. The number of thiocarbonyl (C=S) groups is 1. The predicted molar refractivity (Wildman–Crippen MR) is 154 cm³/mol. The molecular formula is C29H27ClN4O4S. The third kappa shape index (κ3) is 5.47. The summed E-state index contributed by atoms with van der Waals surface area (Å²) < 4.78 is 17.8. The van der Waals surface area contributed by atoms with Crippen LogP contribution in [0.3, 0.4) is 0 Å². The van der Waals surface area contributed by atoms with E-state index in [0.29, 0.717) is 34.7 Å². The quantitative estimate of drug-likeness (QED) is 0.162. The number of hydrogen-bond donors (Lipinski definition) is 1. The summed E-state index contributed by atoms with van der Waals surface area (Å²) in [6.07, 6.45) is 3.72. The molecule has 0 aliphatic carbocycles. The van der Waals surface area contributed by atoms with Crippen molar-refractivity contribution < 1.29 is 19.0 Å². The van der Waals surface area contributed by atoms with E-state index in [-0.39, 0.29) is 12.1 Å². The fourth-order valence-electron chi connectivity index (χ4n) is 4.70. The van der Waals surface area contributed by atoms with Gasteiger partial charge in [0.2, 0.25) is 0 Å². The second-order valence-corrected chi connectivity index (χ2v) is 9.59. The van der Waals surface area contributed by atoms with Crippen LogP contribution >= 0.6 is 23.8 Å². The van der Waals surface area contributed by atoms with Gasteiger partial charge in [0.1, 0.15) is 18.4 Å². The predicted octanol–water partition coefficient (Wildman–Crippen LogP) is 5.51. The second-order valence-electron chi connectivity index (χ2n) is 8.80. The SMILES string of the molecule is COCCOc1ccc(N2C(=S)N[C@@H](c3ccccn3)[C@H]2c2cccn2-c2cccc(C(=O)OC)c2)cc1Cl. The molecule has 0 spiro atoms. The van der Waals surface area contributed by atoms with Gasteiger partial charge in [-0.25, -0.2) is 4.79 Å². The van der Waals surface area contributed by atoms with E-state index in [2.05, 4.69) is 10.3 Å². The van der Waals surface area contributed by atoms with Crippen molar-refractivity contribution >= 4 is 40.6 Å². The maximum Gasteiger partial charge on any atom is 0.337 e. The highest BCUT2D eigenvalue weighted by Gasteiger charge is 2.42. The highest BCUT2D eigenvalue weighted by atomic mass is 35.5. The van der Waals surface area contributed by atoms with Crippen LogP contribution in [0.15, 0.2) is 85.2 Å². The Hall–Kier alpha value is -3.92. The molecule has 1 aliphatic rings. The fourth-order valence-corrected chi connectivity index (χ4v) is 5.27. The first-order valence-electron chi connectivity index (χ1n) is 12.3. The molecule has 5 rings (SSSR count). The molecule has 2 atom stereocenters.